The summed E-state index contributed by atoms with van der Waals surface area (Å²) in [5, 5.41) is 7.09. The normalized spacial score (nSPS) is 18.8. The highest BCUT2D eigenvalue weighted by Crippen LogP contribution is 2.21. The first-order valence-electron chi connectivity index (χ1n) is 3.61. The minimum absolute atomic E-state index is 1.10. The quantitative estimate of drug-likeness (QED) is 0.534. The summed E-state index contributed by atoms with van der Waals surface area (Å²) in [7, 11) is 0. The molecule has 0 aromatic carbocycles. The van der Waals surface area contributed by atoms with Crippen LogP contribution >= 0.6 is 0 Å². The molecule has 0 aromatic heterocycles. The molecule has 0 amide bonds. The monoisotopic (exact) mass is 135 g/mol. The van der Waals surface area contributed by atoms with Gasteiger partial charge >= 0.3 is 0 Å². The Morgan fingerprint density at radius 2 is 2.10 bits per heavy atom. The highest BCUT2D eigenvalue weighted by molar-refractivity contribution is 5.81. The van der Waals surface area contributed by atoms with E-state index in [1.54, 1.807) is 0 Å². The van der Waals surface area contributed by atoms with E-state index in [1.165, 1.54) is 23.8 Å². The Hall–Kier alpha value is -0.850. The van der Waals surface area contributed by atoms with Crippen LogP contribution in [0.3, 0.4) is 0 Å². The van der Waals surface area contributed by atoms with Gasteiger partial charge < -0.3 is 5.41 Å². The molecule has 10 heavy (non-hydrogen) atoms. The number of hydrogen-bond acceptors (Lipinski definition) is 1. The summed E-state index contributed by atoms with van der Waals surface area (Å²) in [6.45, 7) is 4.22. The van der Waals surface area contributed by atoms with Gasteiger partial charge in [-0.1, -0.05) is 17.2 Å². The van der Waals surface area contributed by atoms with Crippen LogP contribution in [0.5, 0.6) is 0 Å². The number of nitrogens with one attached hydrogen (secondary N) is 1. The van der Waals surface area contributed by atoms with Crippen molar-refractivity contribution in [1.29, 1.82) is 5.41 Å². The van der Waals surface area contributed by atoms with Gasteiger partial charge in [-0.25, -0.2) is 0 Å². The van der Waals surface area contributed by atoms with Crippen LogP contribution in [-0.4, -0.2) is 6.21 Å². The van der Waals surface area contributed by atoms with E-state index < -0.39 is 0 Å². The maximum absolute atomic E-state index is 7.09. The predicted molar refractivity (Wildman–Crippen MR) is 44.5 cm³/mol. The third-order valence-corrected chi connectivity index (χ3v) is 1.94. The molecule has 1 N–H and O–H groups in total. The molecule has 1 rings (SSSR count). The van der Waals surface area contributed by atoms with Crippen molar-refractivity contribution in [2.24, 2.45) is 0 Å². The molecule has 0 saturated heterocycles. The fourth-order valence-electron chi connectivity index (χ4n) is 1.15. The molecule has 0 saturated carbocycles. The summed E-state index contributed by atoms with van der Waals surface area (Å²) in [5.41, 5.74) is 3.84. The Labute approximate surface area is 62.0 Å². The lowest BCUT2D eigenvalue weighted by atomic mass is 9.95. The molecule has 0 spiro atoms. The molecule has 1 aliphatic rings. The van der Waals surface area contributed by atoms with E-state index in [1.807, 2.05) is 0 Å². The molecule has 0 radical (unpaired) electrons. The van der Waals surface area contributed by atoms with Crippen LogP contribution in [0.4, 0.5) is 0 Å². The fourth-order valence-corrected chi connectivity index (χ4v) is 1.15. The lowest BCUT2D eigenvalue weighted by Crippen LogP contribution is -1.95. The van der Waals surface area contributed by atoms with Gasteiger partial charge in [-0.15, -0.1) is 0 Å². The molecule has 0 aromatic rings. The van der Waals surface area contributed by atoms with E-state index in [9.17, 15) is 0 Å². The van der Waals surface area contributed by atoms with Crippen molar-refractivity contribution in [1.82, 2.24) is 0 Å². The lowest BCUT2D eigenvalue weighted by Gasteiger charge is -2.11. The van der Waals surface area contributed by atoms with Crippen LogP contribution in [-0.2, 0) is 0 Å². The van der Waals surface area contributed by atoms with Crippen molar-refractivity contribution in [2.75, 3.05) is 0 Å². The zero-order valence-corrected chi connectivity index (χ0v) is 6.57. The smallest absolute Gasteiger partial charge is 0.0249 e. The van der Waals surface area contributed by atoms with Crippen molar-refractivity contribution >= 4 is 6.21 Å². The number of rotatable bonds is 1. The summed E-state index contributed by atoms with van der Waals surface area (Å²) in [6.07, 6.45) is 5.85. The van der Waals surface area contributed by atoms with Crippen LogP contribution in [0.15, 0.2) is 22.8 Å². The molecule has 0 fully saturated rings. The Balaban J connectivity index is 2.92. The largest absolute Gasteiger partial charge is 0.308 e. The summed E-state index contributed by atoms with van der Waals surface area (Å²) >= 11 is 0. The van der Waals surface area contributed by atoms with Gasteiger partial charge in [-0.2, -0.15) is 0 Å². The first-order chi connectivity index (χ1) is 4.74. The van der Waals surface area contributed by atoms with Gasteiger partial charge in [0.2, 0.25) is 0 Å². The minimum Gasteiger partial charge on any atom is -0.308 e. The van der Waals surface area contributed by atoms with Gasteiger partial charge in [0.1, 0.15) is 0 Å². The molecule has 0 bridgehead atoms. The predicted octanol–water partition coefficient (Wildman–Crippen LogP) is 2.69. The topological polar surface area (TPSA) is 23.9 Å². The molecule has 1 aliphatic carbocycles. The molecule has 0 atom stereocenters. The summed E-state index contributed by atoms with van der Waals surface area (Å²) in [6, 6.07) is 0. The van der Waals surface area contributed by atoms with E-state index >= 15 is 0 Å². The van der Waals surface area contributed by atoms with Crippen LogP contribution in [0.2, 0.25) is 0 Å². The van der Waals surface area contributed by atoms with Crippen LogP contribution < -0.4 is 0 Å². The molecule has 1 nitrogen and oxygen atoms in total. The summed E-state index contributed by atoms with van der Waals surface area (Å²) < 4.78 is 0. The highest BCUT2D eigenvalue weighted by Gasteiger charge is 2.04. The van der Waals surface area contributed by atoms with Crippen LogP contribution in [0.1, 0.15) is 26.7 Å². The van der Waals surface area contributed by atoms with Crippen molar-refractivity contribution in [3.05, 3.63) is 22.8 Å². The minimum atomic E-state index is 1.10. The molecule has 0 heterocycles. The second-order valence-corrected chi connectivity index (χ2v) is 2.87. The van der Waals surface area contributed by atoms with Gasteiger partial charge in [-0.3, -0.25) is 0 Å². The first kappa shape index (κ1) is 7.26. The summed E-state index contributed by atoms with van der Waals surface area (Å²) in [4.78, 5) is 0. The molecular formula is C9H13N. The molecule has 0 unspecified atom stereocenters. The second-order valence-electron chi connectivity index (χ2n) is 2.87. The van der Waals surface area contributed by atoms with Gasteiger partial charge in [0.25, 0.3) is 0 Å². The van der Waals surface area contributed by atoms with E-state index in [0.29, 0.717) is 0 Å². The third kappa shape index (κ3) is 1.35. The van der Waals surface area contributed by atoms with E-state index in [2.05, 4.69) is 19.9 Å². The molecule has 54 valence electrons. The Morgan fingerprint density at radius 3 is 2.60 bits per heavy atom. The van der Waals surface area contributed by atoms with Gasteiger partial charge in [0.15, 0.2) is 0 Å². The van der Waals surface area contributed by atoms with E-state index in [-0.39, 0.29) is 0 Å². The first-order valence-corrected chi connectivity index (χ1v) is 3.61. The number of allylic oxidation sites excluding steroid dienone is 4. The maximum atomic E-state index is 7.09. The molecular weight excluding hydrogens is 122 g/mol. The van der Waals surface area contributed by atoms with Crippen molar-refractivity contribution in [2.45, 2.75) is 26.7 Å². The summed E-state index contributed by atoms with van der Waals surface area (Å²) in [5.74, 6) is 0. The second kappa shape index (κ2) is 2.82. The van der Waals surface area contributed by atoms with Crippen molar-refractivity contribution in [3.8, 4) is 0 Å². The average molecular weight is 135 g/mol. The van der Waals surface area contributed by atoms with Gasteiger partial charge in [0, 0.05) is 6.21 Å². The Morgan fingerprint density at radius 1 is 1.40 bits per heavy atom. The molecule has 1 heteroatoms. The zero-order valence-electron chi connectivity index (χ0n) is 6.57. The SMILES string of the molecule is CC1=CC(C=N)=C(C)CC1. The van der Waals surface area contributed by atoms with Crippen molar-refractivity contribution < 1.29 is 0 Å². The van der Waals surface area contributed by atoms with Crippen LogP contribution in [0, 0.1) is 5.41 Å². The third-order valence-electron chi connectivity index (χ3n) is 1.94. The van der Waals surface area contributed by atoms with E-state index in [0.717, 1.165) is 12.0 Å². The van der Waals surface area contributed by atoms with Crippen molar-refractivity contribution in [3.63, 3.8) is 0 Å². The highest BCUT2D eigenvalue weighted by atomic mass is 14.3. The number of hydrogen-bond donors (Lipinski definition) is 1. The standard InChI is InChI=1S/C9H13N/c1-7-3-4-8(2)9(5-7)6-10/h5-6,10H,3-4H2,1-2H3. The van der Waals surface area contributed by atoms with E-state index in [4.69, 9.17) is 5.41 Å². The Kier molecular flexibility index (Phi) is 2.05. The maximum Gasteiger partial charge on any atom is 0.0249 e. The Bertz CT molecular complexity index is 209. The van der Waals surface area contributed by atoms with Crippen LogP contribution in [0.25, 0.3) is 0 Å². The molecule has 0 aliphatic heterocycles. The zero-order chi connectivity index (χ0) is 7.56. The fraction of sp³-hybridized carbons (Fsp3) is 0.444. The average Bonchev–Trinajstić information content (AvgIpc) is 1.94. The van der Waals surface area contributed by atoms with Gasteiger partial charge in [0.05, 0.1) is 0 Å². The lowest BCUT2D eigenvalue weighted by molar-refractivity contribution is 0.899. The van der Waals surface area contributed by atoms with Gasteiger partial charge in [-0.05, 0) is 32.3 Å².